The average Bonchev–Trinajstić information content (AvgIpc) is 1.84. The maximum Gasteiger partial charge on any atom is 0.0297 e. The molecule has 1 aliphatic heterocycles. The molecule has 1 saturated heterocycles. The van der Waals surface area contributed by atoms with Crippen molar-refractivity contribution < 1.29 is 0 Å². The highest BCUT2D eigenvalue weighted by Gasteiger charge is 2.22. The molecule has 0 amide bonds. The van der Waals surface area contributed by atoms with Gasteiger partial charge in [-0.1, -0.05) is 11.6 Å². The van der Waals surface area contributed by atoms with Crippen LogP contribution in [0.1, 0.15) is 6.92 Å². The van der Waals surface area contributed by atoms with Crippen molar-refractivity contribution in [2.24, 2.45) is 5.73 Å². The molecule has 0 bridgehead atoms. The Labute approximate surface area is 66.6 Å². The standard InChI is InChI=1S/C7H13ClN2/c1-6(2-8)3-10-4-7(9)5-10/h2,7H,3-5,9H2,1H3. The van der Waals surface area contributed by atoms with E-state index in [1.807, 2.05) is 6.92 Å². The van der Waals surface area contributed by atoms with Crippen molar-refractivity contribution >= 4 is 11.6 Å². The minimum atomic E-state index is 0.392. The summed E-state index contributed by atoms with van der Waals surface area (Å²) in [5.41, 5.74) is 8.42. The van der Waals surface area contributed by atoms with Crippen LogP contribution in [0.2, 0.25) is 0 Å². The van der Waals surface area contributed by atoms with Crippen LogP contribution in [0, 0.1) is 0 Å². The first-order valence-corrected chi connectivity index (χ1v) is 3.90. The van der Waals surface area contributed by atoms with E-state index in [9.17, 15) is 0 Å². The predicted octanol–water partition coefficient (Wildman–Crippen LogP) is 0.772. The lowest BCUT2D eigenvalue weighted by Crippen LogP contribution is -2.55. The van der Waals surface area contributed by atoms with Crippen LogP contribution in [0.15, 0.2) is 11.1 Å². The van der Waals surface area contributed by atoms with Crippen molar-refractivity contribution in [3.63, 3.8) is 0 Å². The molecule has 1 rings (SSSR count). The highest BCUT2D eigenvalue weighted by Crippen LogP contribution is 2.08. The molecule has 0 aromatic heterocycles. The lowest BCUT2D eigenvalue weighted by atomic mass is 10.1. The summed E-state index contributed by atoms with van der Waals surface area (Å²) in [5.74, 6) is 0. The topological polar surface area (TPSA) is 29.3 Å². The van der Waals surface area contributed by atoms with Crippen molar-refractivity contribution in [1.29, 1.82) is 0 Å². The second-order valence-electron chi connectivity index (χ2n) is 2.91. The van der Waals surface area contributed by atoms with Crippen LogP contribution in [0.5, 0.6) is 0 Å². The van der Waals surface area contributed by atoms with Crippen LogP contribution in [-0.4, -0.2) is 30.6 Å². The van der Waals surface area contributed by atoms with E-state index in [0.717, 1.165) is 19.6 Å². The number of nitrogens with two attached hydrogens (primary N) is 1. The van der Waals surface area contributed by atoms with Crippen molar-refractivity contribution in [2.75, 3.05) is 19.6 Å². The summed E-state index contributed by atoms with van der Waals surface area (Å²) in [6.45, 7) is 5.03. The van der Waals surface area contributed by atoms with E-state index in [-0.39, 0.29) is 0 Å². The molecule has 0 spiro atoms. The maximum atomic E-state index is 5.59. The summed E-state index contributed by atoms with van der Waals surface area (Å²) in [7, 11) is 0. The zero-order chi connectivity index (χ0) is 7.56. The van der Waals surface area contributed by atoms with Gasteiger partial charge in [-0.3, -0.25) is 4.90 Å². The number of rotatable bonds is 2. The van der Waals surface area contributed by atoms with Crippen LogP contribution in [0.3, 0.4) is 0 Å². The Balaban J connectivity index is 2.16. The number of hydrogen-bond acceptors (Lipinski definition) is 2. The van der Waals surface area contributed by atoms with Crippen LogP contribution >= 0.6 is 11.6 Å². The first-order valence-electron chi connectivity index (χ1n) is 3.46. The minimum absolute atomic E-state index is 0.392. The number of halogens is 1. The predicted molar refractivity (Wildman–Crippen MR) is 44.0 cm³/mol. The van der Waals surface area contributed by atoms with Gasteiger partial charge in [0.2, 0.25) is 0 Å². The van der Waals surface area contributed by atoms with Gasteiger partial charge in [-0.05, 0) is 12.5 Å². The lowest BCUT2D eigenvalue weighted by molar-refractivity contribution is 0.166. The molecule has 10 heavy (non-hydrogen) atoms. The quantitative estimate of drug-likeness (QED) is 0.647. The van der Waals surface area contributed by atoms with Gasteiger partial charge in [0.25, 0.3) is 0 Å². The van der Waals surface area contributed by atoms with Crippen molar-refractivity contribution in [3.05, 3.63) is 11.1 Å². The minimum Gasteiger partial charge on any atom is -0.325 e. The average molecular weight is 161 g/mol. The molecule has 0 unspecified atom stereocenters. The molecular formula is C7H13ClN2. The van der Waals surface area contributed by atoms with Gasteiger partial charge in [0.1, 0.15) is 0 Å². The van der Waals surface area contributed by atoms with E-state index in [1.54, 1.807) is 5.54 Å². The molecule has 1 fully saturated rings. The second-order valence-corrected chi connectivity index (χ2v) is 3.13. The van der Waals surface area contributed by atoms with E-state index < -0.39 is 0 Å². The molecule has 2 nitrogen and oxygen atoms in total. The van der Waals surface area contributed by atoms with Crippen LogP contribution in [0.4, 0.5) is 0 Å². The van der Waals surface area contributed by atoms with Crippen molar-refractivity contribution in [3.8, 4) is 0 Å². The molecule has 58 valence electrons. The van der Waals surface area contributed by atoms with Gasteiger partial charge in [-0.25, -0.2) is 0 Å². The Kier molecular flexibility index (Phi) is 2.72. The molecule has 0 saturated carbocycles. The summed E-state index contributed by atoms with van der Waals surface area (Å²) in [6.07, 6.45) is 0. The molecule has 0 aromatic rings. The fourth-order valence-electron chi connectivity index (χ4n) is 1.13. The van der Waals surface area contributed by atoms with Gasteiger partial charge in [-0.15, -0.1) is 0 Å². The summed E-state index contributed by atoms with van der Waals surface area (Å²) in [4.78, 5) is 2.28. The monoisotopic (exact) mass is 160 g/mol. The maximum absolute atomic E-state index is 5.59. The van der Waals surface area contributed by atoms with Crippen LogP contribution in [0.25, 0.3) is 0 Å². The van der Waals surface area contributed by atoms with Crippen molar-refractivity contribution in [2.45, 2.75) is 13.0 Å². The summed E-state index contributed by atoms with van der Waals surface area (Å²) < 4.78 is 0. The molecule has 1 aliphatic rings. The highest BCUT2D eigenvalue weighted by molar-refractivity contribution is 6.25. The third kappa shape index (κ3) is 1.97. The molecule has 2 N–H and O–H groups in total. The van der Waals surface area contributed by atoms with Gasteiger partial charge >= 0.3 is 0 Å². The Morgan fingerprint density at radius 1 is 1.80 bits per heavy atom. The van der Waals surface area contributed by atoms with E-state index in [2.05, 4.69) is 4.90 Å². The van der Waals surface area contributed by atoms with Gasteiger partial charge in [0.05, 0.1) is 0 Å². The van der Waals surface area contributed by atoms with Gasteiger partial charge in [0.15, 0.2) is 0 Å². The molecule has 0 aliphatic carbocycles. The largest absolute Gasteiger partial charge is 0.325 e. The third-order valence-corrected chi connectivity index (χ3v) is 2.02. The van der Waals surface area contributed by atoms with Gasteiger partial charge in [-0.2, -0.15) is 0 Å². The fourth-order valence-corrected chi connectivity index (χ4v) is 1.20. The van der Waals surface area contributed by atoms with Crippen LogP contribution < -0.4 is 5.73 Å². The molecular weight excluding hydrogens is 148 g/mol. The molecule has 1 heterocycles. The summed E-state index contributed by atoms with van der Waals surface area (Å²) >= 11 is 5.49. The normalized spacial score (nSPS) is 22.9. The molecule has 0 aromatic carbocycles. The van der Waals surface area contributed by atoms with E-state index in [4.69, 9.17) is 17.3 Å². The second kappa shape index (κ2) is 3.37. The fraction of sp³-hybridized carbons (Fsp3) is 0.714. The number of nitrogens with zero attached hydrogens (tertiary/aromatic N) is 1. The highest BCUT2D eigenvalue weighted by atomic mass is 35.5. The Morgan fingerprint density at radius 2 is 2.40 bits per heavy atom. The zero-order valence-corrected chi connectivity index (χ0v) is 6.93. The summed E-state index contributed by atoms with van der Waals surface area (Å²) in [6, 6.07) is 0.392. The Morgan fingerprint density at radius 3 is 2.80 bits per heavy atom. The Hall–Kier alpha value is -0.0500. The van der Waals surface area contributed by atoms with Crippen LogP contribution in [-0.2, 0) is 0 Å². The smallest absolute Gasteiger partial charge is 0.0297 e. The van der Waals surface area contributed by atoms with Crippen molar-refractivity contribution in [1.82, 2.24) is 4.90 Å². The third-order valence-electron chi connectivity index (χ3n) is 1.64. The van der Waals surface area contributed by atoms with E-state index >= 15 is 0 Å². The molecule has 0 atom stereocenters. The first-order chi connectivity index (χ1) is 4.72. The van der Waals surface area contributed by atoms with E-state index in [0.29, 0.717) is 6.04 Å². The van der Waals surface area contributed by atoms with E-state index in [1.165, 1.54) is 5.57 Å². The molecule has 3 heteroatoms. The SMILES string of the molecule is CC(=CCl)CN1CC(N)C1. The Bertz CT molecular complexity index is 139. The number of likely N-dealkylation sites (tertiary alicyclic amines) is 1. The lowest BCUT2D eigenvalue weighted by Gasteiger charge is -2.36. The molecule has 0 radical (unpaired) electrons. The van der Waals surface area contributed by atoms with Gasteiger partial charge in [0, 0.05) is 31.2 Å². The zero-order valence-electron chi connectivity index (χ0n) is 6.18. The number of hydrogen-bond donors (Lipinski definition) is 1. The van der Waals surface area contributed by atoms with Gasteiger partial charge < -0.3 is 5.73 Å². The first kappa shape index (κ1) is 8.05. The summed E-state index contributed by atoms with van der Waals surface area (Å²) in [5, 5.41) is 0.